The zero-order valence-electron chi connectivity index (χ0n) is 10.7. The third kappa shape index (κ3) is 8.02. The summed E-state index contributed by atoms with van der Waals surface area (Å²) in [6.07, 6.45) is -2.75. The van der Waals surface area contributed by atoms with Gasteiger partial charge in [-0.2, -0.15) is 13.2 Å². The van der Waals surface area contributed by atoms with Gasteiger partial charge in [-0.1, -0.05) is 0 Å². The fourth-order valence-electron chi connectivity index (χ4n) is 2.06. The Balaban J connectivity index is 2.05. The fraction of sp³-hybridized carbons (Fsp3) is 0.909. The predicted molar refractivity (Wildman–Crippen MR) is 63.5 cm³/mol. The number of piperidine rings is 1. The SMILES string of the molecule is NC(=O)COCCNC1CCN(CC(F)(F)F)CC1. The molecule has 0 radical (unpaired) electrons. The van der Waals surface area contributed by atoms with Crippen LogP contribution < -0.4 is 11.1 Å². The van der Waals surface area contributed by atoms with Crippen LogP contribution in [0.1, 0.15) is 12.8 Å². The number of carbonyl (C=O) groups excluding carboxylic acids is 1. The van der Waals surface area contributed by atoms with Crippen LogP contribution in [0.15, 0.2) is 0 Å². The van der Waals surface area contributed by atoms with Crippen molar-refractivity contribution >= 4 is 5.91 Å². The number of primary amides is 1. The number of hydrogen-bond donors (Lipinski definition) is 2. The topological polar surface area (TPSA) is 67.6 Å². The van der Waals surface area contributed by atoms with Gasteiger partial charge in [0.15, 0.2) is 0 Å². The van der Waals surface area contributed by atoms with Crippen LogP contribution >= 0.6 is 0 Å². The van der Waals surface area contributed by atoms with E-state index in [0.29, 0.717) is 39.1 Å². The van der Waals surface area contributed by atoms with Gasteiger partial charge in [0.2, 0.25) is 5.91 Å². The second-order valence-corrected chi connectivity index (χ2v) is 4.64. The summed E-state index contributed by atoms with van der Waals surface area (Å²) in [6, 6.07) is 0.210. The van der Waals surface area contributed by atoms with E-state index in [1.807, 2.05) is 0 Å². The number of carbonyl (C=O) groups is 1. The Labute approximate surface area is 110 Å². The summed E-state index contributed by atoms with van der Waals surface area (Å²) >= 11 is 0. The highest BCUT2D eigenvalue weighted by molar-refractivity contribution is 5.74. The average Bonchev–Trinajstić information content (AvgIpc) is 2.28. The Morgan fingerprint density at radius 3 is 2.53 bits per heavy atom. The van der Waals surface area contributed by atoms with E-state index in [0.717, 1.165) is 0 Å². The van der Waals surface area contributed by atoms with Gasteiger partial charge in [0, 0.05) is 12.6 Å². The smallest absolute Gasteiger partial charge is 0.370 e. The standard InChI is InChI=1S/C11H20F3N3O2/c12-11(13,14)8-17-4-1-9(2-5-17)16-3-6-19-7-10(15)18/h9,16H,1-8H2,(H2,15,18). The zero-order valence-corrected chi connectivity index (χ0v) is 10.7. The molecule has 0 spiro atoms. The summed E-state index contributed by atoms with van der Waals surface area (Å²) in [5, 5.41) is 3.19. The third-order valence-corrected chi connectivity index (χ3v) is 2.91. The van der Waals surface area contributed by atoms with Gasteiger partial charge >= 0.3 is 6.18 Å². The van der Waals surface area contributed by atoms with Crippen LogP contribution in [0.3, 0.4) is 0 Å². The van der Waals surface area contributed by atoms with E-state index in [2.05, 4.69) is 5.32 Å². The molecule has 1 aliphatic rings. The second kappa shape index (κ2) is 7.66. The molecule has 0 aromatic carbocycles. The number of likely N-dealkylation sites (tertiary alicyclic amines) is 1. The normalized spacial score (nSPS) is 18.7. The van der Waals surface area contributed by atoms with E-state index < -0.39 is 18.6 Å². The maximum Gasteiger partial charge on any atom is 0.401 e. The van der Waals surface area contributed by atoms with Crippen molar-refractivity contribution in [3.8, 4) is 0 Å². The molecule has 1 saturated heterocycles. The highest BCUT2D eigenvalue weighted by atomic mass is 19.4. The van der Waals surface area contributed by atoms with Gasteiger partial charge in [-0.05, 0) is 25.9 Å². The first-order valence-electron chi connectivity index (χ1n) is 6.25. The van der Waals surface area contributed by atoms with Gasteiger partial charge in [-0.25, -0.2) is 0 Å². The highest BCUT2D eigenvalue weighted by Crippen LogP contribution is 2.19. The van der Waals surface area contributed by atoms with Gasteiger partial charge in [-0.15, -0.1) is 0 Å². The minimum absolute atomic E-state index is 0.105. The molecule has 0 saturated carbocycles. The monoisotopic (exact) mass is 283 g/mol. The Morgan fingerprint density at radius 1 is 1.37 bits per heavy atom. The lowest BCUT2D eigenvalue weighted by molar-refractivity contribution is -0.148. The largest absolute Gasteiger partial charge is 0.401 e. The molecule has 1 aliphatic heterocycles. The second-order valence-electron chi connectivity index (χ2n) is 4.64. The molecule has 0 aliphatic carbocycles. The minimum Gasteiger partial charge on any atom is -0.370 e. The van der Waals surface area contributed by atoms with Crippen LogP contribution in [0.2, 0.25) is 0 Å². The molecule has 0 atom stereocenters. The van der Waals surface area contributed by atoms with Crippen LogP contribution in [0, 0.1) is 0 Å². The van der Waals surface area contributed by atoms with Crippen molar-refractivity contribution in [3.05, 3.63) is 0 Å². The van der Waals surface area contributed by atoms with E-state index in [1.54, 1.807) is 0 Å². The summed E-state index contributed by atoms with van der Waals surface area (Å²) in [5.74, 6) is -0.513. The molecule has 3 N–H and O–H groups in total. The van der Waals surface area contributed by atoms with Crippen molar-refractivity contribution < 1.29 is 22.7 Å². The average molecular weight is 283 g/mol. The van der Waals surface area contributed by atoms with E-state index in [4.69, 9.17) is 10.5 Å². The summed E-state index contributed by atoms with van der Waals surface area (Å²) in [5.41, 5.74) is 4.90. The lowest BCUT2D eigenvalue weighted by Crippen LogP contribution is -2.46. The summed E-state index contributed by atoms with van der Waals surface area (Å²) < 4.78 is 41.5. The van der Waals surface area contributed by atoms with Crippen LogP contribution in [0.5, 0.6) is 0 Å². The molecule has 0 bridgehead atoms. The van der Waals surface area contributed by atoms with Crippen molar-refractivity contribution in [2.45, 2.75) is 25.1 Å². The van der Waals surface area contributed by atoms with Gasteiger partial charge < -0.3 is 15.8 Å². The number of hydrogen-bond acceptors (Lipinski definition) is 4. The maximum atomic E-state index is 12.2. The van der Waals surface area contributed by atoms with Gasteiger partial charge in [0.25, 0.3) is 0 Å². The summed E-state index contributed by atoms with van der Waals surface area (Å²) in [6.45, 7) is 0.884. The van der Waals surface area contributed by atoms with Gasteiger partial charge in [-0.3, -0.25) is 9.69 Å². The zero-order chi connectivity index (χ0) is 14.3. The molecule has 1 amide bonds. The number of rotatable bonds is 7. The number of ether oxygens (including phenoxy) is 1. The molecule has 1 heterocycles. The minimum atomic E-state index is -4.12. The van der Waals surface area contributed by atoms with E-state index >= 15 is 0 Å². The molecule has 5 nitrogen and oxygen atoms in total. The van der Waals surface area contributed by atoms with E-state index in [-0.39, 0.29) is 12.6 Å². The molecule has 1 fully saturated rings. The fourth-order valence-corrected chi connectivity index (χ4v) is 2.06. The first-order chi connectivity index (χ1) is 8.87. The number of alkyl halides is 3. The molecule has 0 aromatic rings. The molecule has 0 aromatic heterocycles. The first kappa shape index (κ1) is 16.2. The Hall–Kier alpha value is -0.860. The third-order valence-electron chi connectivity index (χ3n) is 2.91. The van der Waals surface area contributed by atoms with Crippen LogP contribution in [0.25, 0.3) is 0 Å². The van der Waals surface area contributed by atoms with E-state index in [1.165, 1.54) is 4.90 Å². The predicted octanol–water partition coefficient (Wildman–Crippen LogP) is 0.105. The summed E-state index contributed by atoms with van der Waals surface area (Å²) in [7, 11) is 0. The van der Waals surface area contributed by atoms with Crippen molar-refractivity contribution in [1.29, 1.82) is 0 Å². The molecule has 8 heteroatoms. The van der Waals surface area contributed by atoms with Crippen LogP contribution in [-0.2, 0) is 9.53 Å². The Morgan fingerprint density at radius 2 is 2.00 bits per heavy atom. The van der Waals surface area contributed by atoms with Crippen molar-refractivity contribution in [2.24, 2.45) is 5.73 Å². The van der Waals surface area contributed by atoms with Crippen molar-refractivity contribution in [2.75, 3.05) is 39.4 Å². The maximum absolute atomic E-state index is 12.2. The van der Waals surface area contributed by atoms with Crippen LogP contribution in [-0.4, -0.2) is 62.4 Å². The number of nitrogens with zero attached hydrogens (tertiary/aromatic N) is 1. The number of halogens is 3. The highest BCUT2D eigenvalue weighted by Gasteiger charge is 2.32. The number of nitrogens with one attached hydrogen (secondary N) is 1. The lowest BCUT2D eigenvalue weighted by atomic mass is 10.1. The quantitative estimate of drug-likeness (QED) is 0.651. The van der Waals surface area contributed by atoms with Gasteiger partial charge in [0.05, 0.1) is 13.2 Å². The molecule has 112 valence electrons. The van der Waals surface area contributed by atoms with Crippen molar-refractivity contribution in [1.82, 2.24) is 10.2 Å². The Kier molecular flexibility index (Phi) is 6.53. The number of nitrogens with two attached hydrogens (primary N) is 1. The first-order valence-corrected chi connectivity index (χ1v) is 6.25. The molecule has 0 unspecified atom stereocenters. The number of amides is 1. The lowest BCUT2D eigenvalue weighted by Gasteiger charge is -2.32. The Bertz CT molecular complexity index is 279. The van der Waals surface area contributed by atoms with Crippen molar-refractivity contribution in [3.63, 3.8) is 0 Å². The van der Waals surface area contributed by atoms with E-state index in [9.17, 15) is 18.0 Å². The molecule has 1 rings (SSSR count). The molecular weight excluding hydrogens is 263 g/mol. The summed E-state index contributed by atoms with van der Waals surface area (Å²) in [4.78, 5) is 11.8. The molecular formula is C11H20F3N3O2. The van der Waals surface area contributed by atoms with Gasteiger partial charge in [0.1, 0.15) is 6.61 Å². The van der Waals surface area contributed by atoms with Crippen LogP contribution in [0.4, 0.5) is 13.2 Å². The molecule has 19 heavy (non-hydrogen) atoms.